The van der Waals surface area contributed by atoms with Crippen molar-refractivity contribution in [2.75, 3.05) is 6.61 Å². The number of hydrogen-bond donors (Lipinski definition) is 1. The Kier molecular flexibility index (Phi) is 3.82. The topological polar surface area (TPSA) is 38.7 Å². The maximum atomic E-state index is 9.42. The molecule has 1 aromatic carbocycles. The fourth-order valence-electron chi connectivity index (χ4n) is 2.31. The molecule has 0 aliphatic carbocycles. The van der Waals surface area contributed by atoms with Crippen molar-refractivity contribution in [1.82, 2.24) is 0 Å². The van der Waals surface area contributed by atoms with Crippen molar-refractivity contribution >= 4 is 0 Å². The number of hydrogen-bond acceptors (Lipinski definition) is 3. The summed E-state index contributed by atoms with van der Waals surface area (Å²) in [6.45, 7) is 4.08. The second kappa shape index (κ2) is 5.17. The van der Waals surface area contributed by atoms with Gasteiger partial charge in [0.25, 0.3) is 0 Å². The van der Waals surface area contributed by atoms with E-state index in [1.165, 1.54) is 0 Å². The lowest BCUT2D eigenvalue weighted by Gasteiger charge is -2.25. The van der Waals surface area contributed by atoms with Crippen LogP contribution in [0.25, 0.3) is 0 Å². The molecule has 1 fully saturated rings. The van der Waals surface area contributed by atoms with Crippen LogP contribution < -0.4 is 0 Å². The van der Waals surface area contributed by atoms with Crippen molar-refractivity contribution in [2.24, 2.45) is 0 Å². The van der Waals surface area contributed by atoms with Crippen molar-refractivity contribution in [3.05, 3.63) is 35.9 Å². The predicted octanol–water partition coefficient (Wildman–Crippen LogP) is 2.65. The van der Waals surface area contributed by atoms with E-state index in [1.807, 2.05) is 44.2 Å². The number of aliphatic hydroxyl groups excluding tert-OH is 1. The van der Waals surface area contributed by atoms with E-state index in [1.54, 1.807) is 0 Å². The highest BCUT2D eigenvalue weighted by Crippen LogP contribution is 2.41. The van der Waals surface area contributed by atoms with Crippen LogP contribution in [-0.2, 0) is 9.47 Å². The van der Waals surface area contributed by atoms with Gasteiger partial charge in [0.2, 0.25) is 0 Å². The largest absolute Gasteiger partial charge is 0.394 e. The molecule has 17 heavy (non-hydrogen) atoms. The molecule has 0 unspecified atom stereocenters. The Balaban J connectivity index is 2.23. The van der Waals surface area contributed by atoms with Gasteiger partial charge in [0.15, 0.2) is 5.79 Å². The summed E-state index contributed by atoms with van der Waals surface area (Å²) in [5, 5.41) is 9.42. The molecule has 0 saturated carbocycles. The SMILES string of the molecule is CCC1(CC)O[C@H](c2ccccc2)[C@@H](CO)O1. The Morgan fingerprint density at radius 3 is 2.29 bits per heavy atom. The average Bonchev–Trinajstić information content (AvgIpc) is 2.79. The highest BCUT2D eigenvalue weighted by molar-refractivity contribution is 5.20. The average molecular weight is 236 g/mol. The summed E-state index contributed by atoms with van der Waals surface area (Å²) in [5.41, 5.74) is 1.07. The van der Waals surface area contributed by atoms with Crippen molar-refractivity contribution in [3.63, 3.8) is 0 Å². The van der Waals surface area contributed by atoms with Gasteiger partial charge < -0.3 is 14.6 Å². The Morgan fingerprint density at radius 2 is 1.76 bits per heavy atom. The summed E-state index contributed by atoms with van der Waals surface area (Å²) >= 11 is 0. The Hall–Kier alpha value is -0.900. The maximum absolute atomic E-state index is 9.42. The third-order valence-electron chi connectivity index (χ3n) is 3.43. The molecule has 1 saturated heterocycles. The normalized spacial score (nSPS) is 27.2. The van der Waals surface area contributed by atoms with Gasteiger partial charge in [0, 0.05) is 0 Å². The van der Waals surface area contributed by atoms with Crippen LogP contribution in [0.15, 0.2) is 30.3 Å². The highest BCUT2D eigenvalue weighted by atomic mass is 16.8. The minimum absolute atomic E-state index is 0.0126. The summed E-state index contributed by atoms with van der Waals surface area (Å²) in [4.78, 5) is 0. The zero-order chi connectivity index (χ0) is 12.3. The van der Waals surface area contributed by atoms with Gasteiger partial charge in [-0.25, -0.2) is 0 Å². The standard InChI is InChI=1S/C14H20O3/c1-3-14(4-2)16-12(10-15)13(17-14)11-8-6-5-7-9-11/h5-9,12-13,15H,3-4,10H2,1-2H3/t12-,13-/m1/s1. The van der Waals surface area contributed by atoms with Crippen LogP contribution in [0.1, 0.15) is 38.4 Å². The van der Waals surface area contributed by atoms with Crippen LogP contribution in [0, 0.1) is 0 Å². The van der Waals surface area contributed by atoms with Gasteiger partial charge in [-0.2, -0.15) is 0 Å². The summed E-state index contributed by atoms with van der Waals surface area (Å²) in [6, 6.07) is 9.95. The number of ether oxygens (including phenoxy) is 2. The van der Waals surface area contributed by atoms with Crippen LogP contribution in [0.3, 0.4) is 0 Å². The molecular weight excluding hydrogens is 216 g/mol. The smallest absolute Gasteiger partial charge is 0.169 e. The Bertz CT molecular complexity index is 346. The van der Waals surface area contributed by atoms with Gasteiger partial charge in [-0.1, -0.05) is 44.2 Å². The van der Waals surface area contributed by atoms with Gasteiger partial charge in [-0.05, 0) is 18.4 Å². The molecule has 1 N–H and O–H groups in total. The first-order chi connectivity index (χ1) is 8.24. The van der Waals surface area contributed by atoms with E-state index in [2.05, 4.69) is 0 Å². The number of aliphatic hydroxyl groups is 1. The monoisotopic (exact) mass is 236 g/mol. The Labute approximate surface area is 102 Å². The van der Waals surface area contributed by atoms with Gasteiger partial charge in [0.1, 0.15) is 12.2 Å². The van der Waals surface area contributed by atoms with E-state index in [-0.39, 0.29) is 18.8 Å². The minimum atomic E-state index is -0.534. The highest BCUT2D eigenvalue weighted by Gasteiger charge is 2.45. The molecule has 2 rings (SSSR count). The van der Waals surface area contributed by atoms with E-state index in [4.69, 9.17) is 9.47 Å². The van der Waals surface area contributed by atoms with E-state index >= 15 is 0 Å². The van der Waals surface area contributed by atoms with Gasteiger partial charge in [0.05, 0.1) is 6.61 Å². The first-order valence-corrected chi connectivity index (χ1v) is 6.26. The molecule has 0 radical (unpaired) electrons. The Morgan fingerprint density at radius 1 is 1.12 bits per heavy atom. The van der Waals surface area contributed by atoms with Crippen LogP contribution in [-0.4, -0.2) is 23.6 Å². The predicted molar refractivity (Wildman–Crippen MR) is 65.5 cm³/mol. The van der Waals surface area contributed by atoms with Crippen molar-refractivity contribution < 1.29 is 14.6 Å². The summed E-state index contributed by atoms with van der Waals surface area (Å²) < 4.78 is 11.9. The third kappa shape index (κ3) is 2.37. The minimum Gasteiger partial charge on any atom is -0.394 e. The summed E-state index contributed by atoms with van der Waals surface area (Å²) in [6.07, 6.45) is 1.16. The molecule has 1 heterocycles. The first-order valence-electron chi connectivity index (χ1n) is 6.26. The van der Waals surface area contributed by atoms with E-state index in [0.29, 0.717) is 0 Å². The summed E-state index contributed by atoms with van der Waals surface area (Å²) in [7, 11) is 0. The van der Waals surface area contributed by atoms with E-state index < -0.39 is 5.79 Å². The van der Waals surface area contributed by atoms with Crippen LogP contribution >= 0.6 is 0 Å². The fraction of sp³-hybridized carbons (Fsp3) is 0.571. The van der Waals surface area contributed by atoms with Crippen LogP contribution in [0.5, 0.6) is 0 Å². The lowest BCUT2D eigenvalue weighted by molar-refractivity contribution is -0.181. The molecule has 0 spiro atoms. The van der Waals surface area contributed by atoms with Gasteiger partial charge >= 0.3 is 0 Å². The molecule has 3 nitrogen and oxygen atoms in total. The zero-order valence-electron chi connectivity index (χ0n) is 10.4. The van der Waals surface area contributed by atoms with E-state index in [9.17, 15) is 5.11 Å². The molecule has 0 bridgehead atoms. The molecule has 94 valence electrons. The lowest BCUT2D eigenvalue weighted by Crippen LogP contribution is -2.29. The summed E-state index contributed by atoms with van der Waals surface area (Å²) in [5.74, 6) is -0.534. The fourth-order valence-corrected chi connectivity index (χ4v) is 2.31. The molecule has 0 aromatic heterocycles. The number of rotatable bonds is 4. The molecular formula is C14H20O3. The lowest BCUT2D eigenvalue weighted by atomic mass is 10.1. The molecule has 0 amide bonds. The van der Waals surface area contributed by atoms with Crippen molar-refractivity contribution in [2.45, 2.75) is 44.7 Å². The van der Waals surface area contributed by atoms with Gasteiger partial charge in [-0.3, -0.25) is 0 Å². The quantitative estimate of drug-likeness (QED) is 0.873. The molecule has 1 aliphatic heterocycles. The van der Waals surface area contributed by atoms with Crippen molar-refractivity contribution in [1.29, 1.82) is 0 Å². The molecule has 1 aromatic rings. The van der Waals surface area contributed by atoms with E-state index in [0.717, 1.165) is 18.4 Å². The maximum Gasteiger partial charge on any atom is 0.169 e. The van der Waals surface area contributed by atoms with Crippen LogP contribution in [0.2, 0.25) is 0 Å². The molecule has 1 aliphatic rings. The second-order valence-corrected chi connectivity index (χ2v) is 4.41. The molecule has 3 heteroatoms. The molecule has 2 atom stereocenters. The number of benzene rings is 1. The third-order valence-corrected chi connectivity index (χ3v) is 3.43. The zero-order valence-corrected chi connectivity index (χ0v) is 10.4. The first kappa shape index (κ1) is 12.6. The van der Waals surface area contributed by atoms with Crippen molar-refractivity contribution in [3.8, 4) is 0 Å². The van der Waals surface area contributed by atoms with Gasteiger partial charge in [-0.15, -0.1) is 0 Å². The van der Waals surface area contributed by atoms with Crippen LogP contribution in [0.4, 0.5) is 0 Å². The second-order valence-electron chi connectivity index (χ2n) is 4.41.